The maximum atomic E-state index is 13.6. The summed E-state index contributed by atoms with van der Waals surface area (Å²) in [6, 6.07) is 6.18. The highest BCUT2D eigenvalue weighted by Gasteiger charge is 2.39. The third kappa shape index (κ3) is 5.26. The lowest BCUT2D eigenvalue weighted by Crippen LogP contribution is -2.56. The molecule has 1 unspecified atom stereocenters. The predicted molar refractivity (Wildman–Crippen MR) is 120 cm³/mol. The standard InChI is InChI=1S/C22H26F3N5O3S/c1-13(2)18-12-29(16-6-5-15(10-26)19(9-16)34(4,32)33)7-8-30(18)21-27-11-17(14(3)31)20(28-21)22(23,24)25/h5-6,9,11,13-14,18,31H,7-8,12H2,1-4H3/t14-,18?/m0/s1. The van der Waals surface area contributed by atoms with Gasteiger partial charge in [-0.1, -0.05) is 13.8 Å². The highest BCUT2D eigenvalue weighted by Crippen LogP contribution is 2.35. The number of nitriles is 1. The van der Waals surface area contributed by atoms with Crippen molar-refractivity contribution < 1.29 is 26.7 Å². The number of piperazine rings is 1. The van der Waals surface area contributed by atoms with E-state index in [1.807, 2.05) is 24.8 Å². The summed E-state index contributed by atoms with van der Waals surface area (Å²) in [5, 5.41) is 19.0. The Morgan fingerprint density at radius 1 is 1.24 bits per heavy atom. The van der Waals surface area contributed by atoms with Crippen molar-refractivity contribution >= 4 is 21.5 Å². The van der Waals surface area contributed by atoms with Crippen LogP contribution in [0.4, 0.5) is 24.8 Å². The highest BCUT2D eigenvalue weighted by molar-refractivity contribution is 7.90. The van der Waals surface area contributed by atoms with Crippen LogP contribution in [0, 0.1) is 17.2 Å². The Labute approximate surface area is 196 Å². The third-order valence-corrected chi connectivity index (χ3v) is 6.95. The zero-order valence-corrected chi connectivity index (χ0v) is 20.0. The maximum absolute atomic E-state index is 13.6. The van der Waals surface area contributed by atoms with E-state index in [4.69, 9.17) is 0 Å². The van der Waals surface area contributed by atoms with Gasteiger partial charge in [0.05, 0.1) is 22.6 Å². The number of anilines is 2. The molecule has 0 aliphatic carbocycles. The number of hydrogen-bond acceptors (Lipinski definition) is 8. The summed E-state index contributed by atoms with van der Waals surface area (Å²) >= 11 is 0. The van der Waals surface area contributed by atoms with Gasteiger partial charge < -0.3 is 14.9 Å². The Morgan fingerprint density at radius 3 is 2.44 bits per heavy atom. The van der Waals surface area contributed by atoms with E-state index in [1.165, 1.54) is 19.1 Å². The van der Waals surface area contributed by atoms with Gasteiger partial charge in [-0.2, -0.15) is 18.4 Å². The van der Waals surface area contributed by atoms with Crippen LogP contribution in [0.15, 0.2) is 29.3 Å². The number of nitrogens with zero attached hydrogens (tertiary/aromatic N) is 5. The van der Waals surface area contributed by atoms with Crippen LogP contribution in [0.25, 0.3) is 0 Å². The first-order valence-electron chi connectivity index (χ1n) is 10.6. The fourth-order valence-electron chi connectivity index (χ4n) is 4.02. The van der Waals surface area contributed by atoms with Crippen LogP contribution >= 0.6 is 0 Å². The first-order chi connectivity index (χ1) is 15.7. The average Bonchev–Trinajstić information content (AvgIpc) is 2.76. The Balaban J connectivity index is 1.97. The van der Waals surface area contributed by atoms with E-state index in [1.54, 1.807) is 11.0 Å². The molecule has 2 aromatic rings. The molecule has 12 heteroatoms. The van der Waals surface area contributed by atoms with Crippen LogP contribution in [-0.2, 0) is 16.0 Å². The number of rotatable bonds is 5. The molecular weight excluding hydrogens is 471 g/mol. The van der Waals surface area contributed by atoms with Crippen LogP contribution in [0.1, 0.15) is 43.7 Å². The van der Waals surface area contributed by atoms with Gasteiger partial charge in [0.1, 0.15) is 6.07 Å². The first-order valence-corrected chi connectivity index (χ1v) is 12.5. The molecule has 3 rings (SSSR count). The number of alkyl halides is 3. The second-order valence-electron chi connectivity index (χ2n) is 8.66. The molecule has 1 aliphatic heterocycles. The molecule has 2 heterocycles. The SMILES string of the molecule is CC(C)C1CN(c2ccc(C#N)c(S(C)(=O)=O)c2)CCN1c1ncc([C@H](C)O)c(C(F)(F)F)n1. The number of aliphatic hydroxyl groups is 1. The van der Waals surface area contributed by atoms with Crippen molar-refractivity contribution in [2.75, 3.05) is 35.7 Å². The highest BCUT2D eigenvalue weighted by atomic mass is 32.2. The Morgan fingerprint density at radius 2 is 1.91 bits per heavy atom. The van der Waals surface area contributed by atoms with Crippen LogP contribution in [-0.4, -0.2) is 55.4 Å². The fraction of sp³-hybridized carbons (Fsp3) is 0.500. The van der Waals surface area contributed by atoms with E-state index < -0.39 is 27.8 Å². The molecule has 2 atom stereocenters. The molecule has 1 aliphatic rings. The van der Waals surface area contributed by atoms with Crippen molar-refractivity contribution in [3.05, 3.63) is 41.2 Å². The molecule has 34 heavy (non-hydrogen) atoms. The maximum Gasteiger partial charge on any atom is 0.433 e. The molecule has 1 N–H and O–H groups in total. The summed E-state index contributed by atoms with van der Waals surface area (Å²) in [5.74, 6) is -0.0725. The van der Waals surface area contributed by atoms with Crippen molar-refractivity contribution in [1.82, 2.24) is 9.97 Å². The molecule has 1 aromatic carbocycles. The molecular formula is C22H26F3N5O3S. The van der Waals surface area contributed by atoms with Gasteiger partial charge in [-0.15, -0.1) is 0 Å². The van der Waals surface area contributed by atoms with Crippen molar-refractivity contribution in [2.24, 2.45) is 5.92 Å². The minimum Gasteiger partial charge on any atom is -0.389 e. The van der Waals surface area contributed by atoms with Crippen LogP contribution in [0.2, 0.25) is 0 Å². The third-order valence-electron chi connectivity index (χ3n) is 5.82. The van der Waals surface area contributed by atoms with E-state index in [2.05, 4.69) is 9.97 Å². The van der Waals surface area contributed by atoms with Crippen LogP contribution < -0.4 is 9.80 Å². The predicted octanol–water partition coefficient (Wildman–Crippen LogP) is 3.18. The summed E-state index contributed by atoms with van der Waals surface area (Å²) in [4.78, 5) is 11.5. The number of aliphatic hydroxyl groups excluding tert-OH is 1. The molecule has 1 fully saturated rings. The van der Waals surface area contributed by atoms with Gasteiger partial charge in [-0.25, -0.2) is 18.4 Å². The Bertz CT molecular complexity index is 1210. The van der Waals surface area contributed by atoms with E-state index in [0.717, 1.165) is 12.5 Å². The van der Waals surface area contributed by atoms with Crippen LogP contribution in [0.5, 0.6) is 0 Å². The van der Waals surface area contributed by atoms with E-state index in [-0.39, 0.29) is 33.9 Å². The van der Waals surface area contributed by atoms with Crippen molar-refractivity contribution in [2.45, 2.75) is 44.0 Å². The first kappa shape index (κ1) is 25.7. The zero-order chi connectivity index (χ0) is 25.4. The summed E-state index contributed by atoms with van der Waals surface area (Å²) in [7, 11) is -3.63. The largest absolute Gasteiger partial charge is 0.433 e. The second kappa shape index (κ2) is 9.38. The molecule has 0 radical (unpaired) electrons. The van der Waals surface area contributed by atoms with Gasteiger partial charge in [-0.05, 0) is 31.0 Å². The monoisotopic (exact) mass is 497 g/mol. The normalized spacial score (nSPS) is 18.2. The average molecular weight is 498 g/mol. The number of hydrogen-bond donors (Lipinski definition) is 1. The molecule has 8 nitrogen and oxygen atoms in total. The van der Waals surface area contributed by atoms with Gasteiger partial charge in [0, 0.05) is 43.3 Å². The zero-order valence-electron chi connectivity index (χ0n) is 19.2. The molecule has 0 bridgehead atoms. The summed E-state index contributed by atoms with van der Waals surface area (Å²) < 4.78 is 65.1. The van der Waals surface area contributed by atoms with Gasteiger partial charge in [-0.3, -0.25) is 0 Å². The number of sulfone groups is 1. The van der Waals surface area contributed by atoms with E-state index in [0.29, 0.717) is 25.3 Å². The van der Waals surface area contributed by atoms with Gasteiger partial charge >= 0.3 is 6.18 Å². The summed E-state index contributed by atoms with van der Waals surface area (Å²) in [6.07, 6.45) is -4.07. The van der Waals surface area contributed by atoms with Gasteiger partial charge in [0.15, 0.2) is 15.5 Å². The molecule has 0 saturated carbocycles. The molecule has 1 aromatic heterocycles. The van der Waals surface area contributed by atoms with Crippen LogP contribution in [0.3, 0.4) is 0 Å². The fourth-order valence-corrected chi connectivity index (χ4v) is 4.87. The number of benzene rings is 1. The minimum atomic E-state index is -4.75. The number of halogens is 3. The quantitative estimate of drug-likeness (QED) is 0.671. The number of aromatic nitrogens is 2. The van der Waals surface area contributed by atoms with Gasteiger partial charge in [0.25, 0.3) is 0 Å². The van der Waals surface area contributed by atoms with Crippen molar-refractivity contribution in [1.29, 1.82) is 5.26 Å². The summed E-state index contributed by atoms with van der Waals surface area (Å²) in [6.45, 7) is 6.14. The Hall–Kier alpha value is -2.91. The molecule has 0 amide bonds. The van der Waals surface area contributed by atoms with E-state index >= 15 is 0 Å². The molecule has 0 spiro atoms. The lowest BCUT2D eigenvalue weighted by Gasteiger charge is -2.44. The Kier molecular flexibility index (Phi) is 7.10. The summed E-state index contributed by atoms with van der Waals surface area (Å²) in [5.41, 5.74) is -0.896. The lowest BCUT2D eigenvalue weighted by molar-refractivity contribution is -0.142. The topological polar surface area (TPSA) is 110 Å². The minimum absolute atomic E-state index is 0.00457. The van der Waals surface area contributed by atoms with E-state index in [9.17, 15) is 32.0 Å². The second-order valence-corrected chi connectivity index (χ2v) is 10.6. The van der Waals surface area contributed by atoms with Crippen molar-refractivity contribution in [3.8, 4) is 6.07 Å². The lowest BCUT2D eigenvalue weighted by atomic mass is 9.99. The molecule has 1 saturated heterocycles. The molecule has 184 valence electrons. The van der Waals surface area contributed by atoms with Crippen molar-refractivity contribution in [3.63, 3.8) is 0 Å². The van der Waals surface area contributed by atoms with Gasteiger partial charge in [0.2, 0.25) is 5.95 Å². The smallest absolute Gasteiger partial charge is 0.389 e.